The molecule has 0 amide bonds. The summed E-state index contributed by atoms with van der Waals surface area (Å²) >= 11 is 0. The van der Waals surface area contributed by atoms with Crippen LogP contribution in [0.5, 0.6) is 0 Å². The summed E-state index contributed by atoms with van der Waals surface area (Å²) in [7, 11) is -2.11. The molecule has 1 fully saturated rings. The van der Waals surface area contributed by atoms with Gasteiger partial charge in [0.2, 0.25) is 10.0 Å². The summed E-state index contributed by atoms with van der Waals surface area (Å²) in [6.07, 6.45) is 0.814. The van der Waals surface area contributed by atoms with Crippen molar-refractivity contribution in [2.45, 2.75) is 25.2 Å². The van der Waals surface area contributed by atoms with Crippen LogP contribution < -0.4 is 5.32 Å². The lowest BCUT2D eigenvalue weighted by molar-refractivity contribution is -0.384. The lowest BCUT2D eigenvalue weighted by Gasteiger charge is -2.18. The zero-order valence-electron chi connectivity index (χ0n) is 12.3. The van der Waals surface area contributed by atoms with Crippen molar-refractivity contribution < 1.29 is 13.3 Å². The summed E-state index contributed by atoms with van der Waals surface area (Å²) in [6.45, 7) is 4.57. The van der Waals surface area contributed by atoms with Crippen LogP contribution >= 0.6 is 0 Å². The molecule has 1 atom stereocenters. The molecule has 1 saturated heterocycles. The van der Waals surface area contributed by atoms with Gasteiger partial charge in [0.15, 0.2) is 0 Å². The lowest BCUT2D eigenvalue weighted by Crippen LogP contribution is -2.29. The van der Waals surface area contributed by atoms with Crippen molar-refractivity contribution in [3.63, 3.8) is 0 Å². The second-order valence-corrected chi connectivity index (χ2v) is 7.31. The van der Waals surface area contributed by atoms with Gasteiger partial charge in [-0.2, -0.15) is 4.31 Å². The smallest absolute Gasteiger partial charge is 0.293 e. The number of nitro groups is 1. The van der Waals surface area contributed by atoms with Crippen LogP contribution in [0, 0.1) is 23.0 Å². The highest BCUT2D eigenvalue weighted by atomic mass is 32.2. The van der Waals surface area contributed by atoms with Gasteiger partial charge < -0.3 is 5.32 Å². The predicted octanol–water partition coefficient (Wildman–Crippen LogP) is 1.98. The van der Waals surface area contributed by atoms with Gasteiger partial charge >= 0.3 is 0 Å². The van der Waals surface area contributed by atoms with Crippen LogP contribution in [0.1, 0.15) is 18.9 Å². The summed E-state index contributed by atoms with van der Waals surface area (Å²) in [4.78, 5) is 10.5. The zero-order valence-corrected chi connectivity index (χ0v) is 13.1. The van der Waals surface area contributed by atoms with Crippen molar-refractivity contribution in [3.8, 4) is 0 Å². The van der Waals surface area contributed by atoms with Gasteiger partial charge in [-0.05, 0) is 30.9 Å². The van der Waals surface area contributed by atoms with Crippen LogP contribution in [-0.2, 0) is 10.0 Å². The molecule has 1 aromatic rings. The molecule has 0 saturated carbocycles. The Labute approximate surface area is 124 Å². The van der Waals surface area contributed by atoms with Crippen molar-refractivity contribution in [1.82, 2.24) is 4.31 Å². The fourth-order valence-corrected chi connectivity index (χ4v) is 4.36. The van der Waals surface area contributed by atoms with Crippen molar-refractivity contribution in [3.05, 3.63) is 27.8 Å². The fourth-order valence-electron chi connectivity index (χ4n) is 2.56. The average molecular weight is 313 g/mol. The maximum Gasteiger partial charge on any atom is 0.293 e. The molecule has 1 heterocycles. The van der Waals surface area contributed by atoms with Crippen LogP contribution in [0.15, 0.2) is 17.0 Å². The molecule has 0 aromatic heterocycles. The number of sulfonamides is 1. The monoisotopic (exact) mass is 313 g/mol. The Bertz CT molecular complexity index is 672. The Morgan fingerprint density at radius 2 is 2.10 bits per heavy atom. The van der Waals surface area contributed by atoms with E-state index in [0.717, 1.165) is 12.5 Å². The van der Waals surface area contributed by atoms with E-state index in [0.29, 0.717) is 30.3 Å². The maximum absolute atomic E-state index is 12.7. The first-order valence-corrected chi connectivity index (χ1v) is 8.18. The van der Waals surface area contributed by atoms with Crippen LogP contribution in [0.2, 0.25) is 0 Å². The lowest BCUT2D eigenvalue weighted by atomic mass is 10.2. The Morgan fingerprint density at radius 3 is 2.57 bits per heavy atom. The van der Waals surface area contributed by atoms with Gasteiger partial charge in [-0.1, -0.05) is 6.92 Å². The van der Waals surface area contributed by atoms with E-state index < -0.39 is 14.9 Å². The highest BCUT2D eigenvalue weighted by Gasteiger charge is 2.33. The maximum atomic E-state index is 12.7. The predicted molar refractivity (Wildman–Crippen MR) is 79.9 cm³/mol. The standard InChI is InChI=1S/C13H19N3O4S/c1-9-4-5-15(8-9)21(19,20)13-7-12(16(17)18)11(14-3)6-10(13)2/h6-7,9,14H,4-5,8H2,1-3H3. The summed E-state index contributed by atoms with van der Waals surface area (Å²) in [5.74, 6) is 0.312. The third-order valence-electron chi connectivity index (χ3n) is 3.76. The number of aryl methyl sites for hydroxylation is 1. The van der Waals surface area contributed by atoms with E-state index in [4.69, 9.17) is 0 Å². The van der Waals surface area contributed by atoms with Crippen molar-refractivity contribution >= 4 is 21.4 Å². The minimum Gasteiger partial charge on any atom is -0.383 e. The minimum atomic E-state index is -3.68. The summed E-state index contributed by atoms with van der Waals surface area (Å²) in [5, 5.41) is 13.8. The van der Waals surface area contributed by atoms with Gasteiger partial charge in [0.25, 0.3) is 5.69 Å². The third-order valence-corrected chi connectivity index (χ3v) is 5.77. The van der Waals surface area contributed by atoms with E-state index in [-0.39, 0.29) is 10.6 Å². The molecule has 1 N–H and O–H groups in total. The molecule has 1 aliphatic heterocycles. The molecule has 21 heavy (non-hydrogen) atoms. The summed E-state index contributed by atoms with van der Waals surface area (Å²) in [5.41, 5.74) is 0.588. The second kappa shape index (κ2) is 5.61. The fraction of sp³-hybridized carbons (Fsp3) is 0.538. The molecule has 0 bridgehead atoms. The van der Waals surface area contributed by atoms with Gasteiger partial charge in [-0.3, -0.25) is 10.1 Å². The SMILES string of the molecule is CNc1cc(C)c(S(=O)(=O)N2CCC(C)C2)cc1[N+](=O)[O-]. The average Bonchev–Trinajstić information content (AvgIpc) is 2.85. The first-order valence-electron chi connectivity index (χ1n) is 6.74. The van der Waals surface area contributed by atoms with E-state index in [2.05, 4.69) is 5.32 Å². The Balaban J connectivity index is 2.53. The van der Waals surface area contributed by atoms with E-state index in [1.165, 1.54) is 10.4 Å². The zero-order chi connectivity index (χ0) is 15.8. The quantitative estimate of drug-likeness (QED) is 0.677. The number of hydrogen-bond donors (Lipinski definition) is 1. The Morgan fingerprint density at radius 1 is 1.43 bits per heavy atom. The molecule has 8 heteroatoms. The summed E-state index contributed by atoms with van der Waals surface area (Å²) < 4.78 is 26.7. The second-order valence-electron chi connectivity index (χ2n) is 5.40. The molecule has 0 spiro atoms. The van der Waals surface area contributed by atoms with Gasteiger partial charge in [0.1, 0.15) is 5.69 Å². The van der Waals surface area contributed by atoms with Gasteiger partial charge in [-0.25, -0.2) is 8.42 Å². The van der Waals surface area contributed by atoms with Crippen molar-refractivity contribution in [2.75, 3.05) is 25.5 Å². The number of nitro benzene ring substituents is 1. The number of benzene rings is 1. The van der Waals surface area contributed by atoms with E-state index in [9.17, 15) is 18.5 Å². The first kappa shape index (κ1) is 15.7. The van der Waals surface area contributed by atoms with Crippen LogP contribution in [-0.4, -0.2) is 37.8 Å². The number of rotatable bonds is 4. The first-order chi connectivity index (χ1) is 9.77. The largest absolute Gasteiger partial charge is 0.383 e. The van der Waals surface area contributed by atoms with Crippen molar-refractivity contribution in [2.24, 2.45) is 5.92 Å². The normalized spacial score (nSPS) is 19.7. The van der Waals surface area contributed by atoms with E-state index >= 15 is 0 Å². The van der Waals surface area contributed by atoms with Crippen LogP contribution in [0.4, 0.5) is 11.4 Å². The molecule has 2 rings (SSSR count). The van der Waals surface area contributed by atoms with Gasteiger partial charge in [0, 0.05) is 26.2 Å². The molecule has 1 unspecified atom stereocenters. The highest BCUT2D eigenvalue weighted by molar-refractivity contribution is 7.89. The molecule has 1 aromatic carbocycles. The molecule has 0 radical (unpaired) electrons. The van der Waals surface area contributed by atoms with E-state index in [1.807, 2.05) is 6.92 Å². The minimum absolute atomic E-state index is 0.0160. The molecular weight excluding hydrogens is 294 g/mol. The van der Waals surface area contributed by atoms with Crippen molar-refractivity contribution in [1.29, 1.82) is 0 Å². The number of hydrogen-bond acceptors (Lipinski definition) is 5. The van der Waals surface area contributed by atoms with Crippen LogP contribution in [0.3, 0.4) is 0 Å². The molecule has 116 valence electrons. The number of anilines is 1. The highest BCUT2D eigenvalue weighted by Crippen LogP contribution is 2.33. The Hall–Kier alpha value is -1.67. The summed E-state index contributed by atoms with van der Waals surface area (Å²) in [6, 6.07) is 2.66. The topological polar surface area (TPSA) is 92.6 Å². The third kappa shape index (κ3) is 2.86. The van der Waals surface area contributed by atoms with E-state index in [1.54, 1.807) is 14.0 Å². The Kier molecular flexibility index (Phi) is 4.20. The van der Waals surface area contributed by atoms with Gasteiger partial charge in [-0.15, -0.1) is 0 Å². The molecule has 0 aliphatic carbocycles. The van der Waals surface area contributed by atoms with Gasteiger partial charge in [0.05, 0.1) is 9.82 Å². The number of nitrogens with one attached hydrogen (secondary N) is 1. The molecule has 1 aliphatic rings. The van der Waals surface area contributed by atoms with Crippen LogP contribution in [0.25, 0.3) is 0 Å². The number of nitrogens with zero attached hydrogens (tertiary/aromatic N) is 2. The molecular formula is C13H19N3O4S. The molecule has 7 nitrogen and oxygen atoms in total.